The van der Waals surface area contributed by atoms with Crippen molar-refractivity contribution < 1.29 is 20.4 Å². The van der Waals surface area contributed by atoms with Crippen LogP contribution in [0.2, 0.25) is 0 Å². The predicted octanol–water partition coefficient (Wildman–Crippen LogP) is -1.33. The fourth-order valence-corrected chi connectivity index (χ4v) is 1.72. The molecule has 0 aliphatic rings. The SMILES string of the molecule is O=c1[nH]c2ccccc2nc1[C@@H](O)[C@H](O)[C@H](O)CO. The molecule has 0 saturated heterocycles. The summed E-state index contributed by atoms with van der Waals surface area (Å²) < 4.78 is 0. The van der Waals surface area contributed by atoms with Crippen LogP contribution >= 0.6 is 0 Å². The van der Waals surface area contributed by atoms with Crippen molar-refractivity contribution >= 4 is 11.0 Å². The molecule has 1 heterocycles. The van der Waals surface area contributed by atoms with Crippen LogP contribution in [0.5, 0.6) is 0 Å². The Bertz CT molecular complexity index is 627. The quantitative estimate of drug-likeness (QED) is 0.466. The highest BCUT2D eigenvalue weighted by Crippen LogP contribution is 2.16. The van der Waals surface area contributed by atoms with Crippen molar-refractivity contribution in [2.24, 2.45) is 0 Å². The molecule has 0 aliphatic carbocycles. The normalized spacial score (nSPS) is 16.2. The molecule has 0 saturated carbocycles. The predicted molar refractivity (Wildman–Crippen MR) is 66.4 cm³/mol. The van der Waals surface area contributed by atoms with Crippen LogP contribution < -0.4 is 5.56 Å². The van der Waals surface area contributed by atoms with Crippen molar-refractivity contribution in [2.75, 3.05) is 6.61 Å². The minimum Gasteiger partial charge on any atom is -0.394 e. The van der Waals surface area contributed by atoms with Crippen LogP contribution in [0.15, 0.2) is 29.1 Å². The second-order valence-electron chi connectivity index (χ2n) is 4.15. The van der Waals surface area contributed by atoms with Crippen LogP contribution in [0.4, 0.5) is 0 Å². The molecular formula is C12H14N2O5. The van der Waals surface area contributed by atoms with Crippen molar-refractivity contribution in [3.8, 4) is 0 Å². The van der Waals surface area contributed by atoms with Gasteiger partial charge in [0.1, 0.15) is 24.0 Å². The van der Waals surface area contributed by atoms with Crippen LogP contribution in [0.1, 0.15) is 11.8 Å². The second kappa shape index (κ2) is 5.45. The van der Waals surface area contributed by atoms with E-state index in [0.717, 1.165) is 0 Å². The number of H-pyrrole nitrogens is 1. The number of aromatic amines is 1. The molecule has 3 atom stereocenters. The molecule has 2 aromatic rings. The molecule has 1 aromatic carbocycles. The van der Waals surface area contributed by atoms with Gasteiger partial charge in [-0.25, -0.2) is 4.98 Å². The Morgan fingerprint density at radius 2 is 1.89 bits per heavy atom. The van der Waals surface area contributed by atoms with Crippen LogP contribution in [0.25, 0.3) is 11.0 Å². The standard InChI is InChI=1S/C12H14N2O5/c15-5-8(16)10(17)11(18)9-12(19)14-7-4-2-1-3-6(7)13-9/h1-4,8,10-11,15-18H,5H2,(H,14,19)/t8-,10-,11-/m1/s1. The first kappa shape index (κ1) is 13.6. The summed E-state index contributed by atoms with van der Waals surface area (Å²) in [5, 5.41) is 37.4. The number of hydrogen-bond donors (Lipinski definition) is 5. The smallest absolute Gasteiger partial charge is 0.272 e. The number of aliphatic hydroxyl groups excluding tert-OH is 4. The van der Waals surface area contributed by atoms with E-state index in [9.17, 15) is 20.1 Å². The van der Waals surface area contributed by atoms with E-state index in [4.69, 9.17) is 5.11 Å². The summed E-state index contributed by atoms with van der Waals surface area (Å²) in [6.07, 6.45) is -4.93. The summed E-state index contributed by atoms with van der Waals surface area (Å²) in [6, 6.07) is 6.72. The van der Waals surface area contributed by atoms with Gasteiger partial charge in [-0.15, -0.1) is 0 Å². The van der Waals surface area contributed by atoms with E-state index in [1.807, 2.05) is 0 Å². The Kier molecular flexibility index (Phi) is 3.91. The number of aromatic nitrogens is 2. The van der Waals surface area contributed by atoms with E-state index < -0.39 is 30.5 Å². The lowest BCUT2D eigenvalue weighted by molar-refractivity contribution is -0.0792. The molecule has 0 fully saturated rings. The lowest BCUT2D eigenvalue weighted by atomic mass is 10.1. The van der Waals surface area contributed by atoms with Gasteiger partial charge in [0.25, 0.3) is 5.56 Å². The zero-order valence-corrected chi connectivity index (χ0v) is 9.89. The molecule has 7 heteroatoms. The van der Waals surface area contributed by atoms with E-state index in [2.05, 4.69) is 9.97 Å². The Morgan fingerprint density at radius 3 is 2.58 bits per heavy atom. The highest BCUT2D eigenvalue weighted by Gasteiger charge is 2.28. The lowest BCUT2D eigenvalue weighted by Gasteiger charge is -2.20. The summed E-state index contributed by atoms with van der Waals surface area (Å²) >= 11 is 0. The minimum atomic E-state index is -1.69. The summed E-state index contributed by atoms with van der Waals surface area (Å²) in [7, 11) is 0. The number of para-hydroxylation sites is 2. The van der Waals surface area contributed by atoms with E-state index in [0.29, 0.717) is 11.0 Å². The van der Waals surface area contributed by atoms with Gasteiger partial charge in [0, 0.05) is 0 Å². The lowest BCUT2D eigenvalue weighted by Crippen LogP contribution is -2.37. The third kappa shape index (κ3) is 2.64. The van der Waals surface area contributed by atoms with Gasteiger partial charge in [-0.1, -0.05) is 12.1 Å². The first-order valence-electron chi connectivity index (χ1n) is 5.68. The molecule has 102 valence electrons. The molecule has 5 N–H and O–H groups in total. The van der Waals surface area contributed by atoms with Crippen LogP contribution in [0.3, 0.4) is 0 Å². The molecule has 0 amide bonds. The molecule has 0 radical (unpaired) electrons. The third-order valence-corrected chi connectivity index (χ3v) is 2.81. The minimum absolute atomic E-state index is 0.307. The highest BCUT2D eigenvalue weighted by molar-refractivity contribution is 5.73. The number of nitrogens with zero attached hydrogens (tertiary/aromatic N) is 1. The largest absolute Gasteiger partial charge is 0.394 e. The summed E-state index contributed by atoms with van der Waals surface area (Å²) in [5.74, 6) is 0. The number of hydrogen-bond acceptors (Lipinski definition) is 6. The second-order valence-corrected chi connectivity index (χ2v) is 4.15. The van der Waals surface area contributed by atoms with Gasteiger partial charge in [0.05, 0.1) is 17.6 Å². The van der Waals surface area contributed by atoms with E-state index in [1.165, 1.54) is 0 Å². The van der Waals surface area contributed by atoms with Crippen molar-refractivity contribution in [3.05, 3.63) is 40.3 Å². The highest BCUT2D eigenvalue weighted by atomic mass is 16.4. The van der Waals surface area contributed by atoms with Crippen molar-refractivity contribution in [1.29, 1.82) is 0 Å². The summed E-state index contributed by atoms with van der Waals surface area (Å²) in [6.45, 7) is -0.732. The number of aliphatic hydroxyl groups is 4. The number of benzene rings is 1. The van der Waals surface area contributed by atoms with Gasteiger partial charge in [0.15, 0.2) is 0 Å². The van der Waals surface area contributed by atoms with Crippen molar-refractivity contribution in [2.45, 2.75) is 18.3 Å². The molecule has 1 aromatic heterocycles. The zero-order chi connectivity index (χ0) is 14.0. The Morgan fingerprint density at radius 1 is 1.21 bits per heavy atom. The number of rotatable bonds is 4. The molecule has 0 spiro atoms. The van der Waals surface area contributed by atoms with E-state index in [1.54, 1.807) is 24.3 Å². The van der Waals surface area contributed by atoms with Crippen LogP contribution in [-0.4, -0.2) is 49.2 Å². The van der Waals surface area contributed by atoms with Crippen molar-refractivity contribution in [3.63, 3.8) is 0 Å². The molecule has 0 unspecified atom stereocenters. The average Bonchev–Trinajstić information content (AvgIpc) is 2.44. The van der Waals surface area contributed by atoms with Gasteiger partial charge >= 0.3 is 0 Å². The average molecular weight is 266 g/mol. The fraction of sp³-hybridized carbons (Fsp3) is 0.333. The fourth-order valence-electron chi connectivity index (χ4n) is 1.72. The van der Waals surface area contributed by atoms with Crippen LogP contribution in [0, 0.1) is 0 Å². The molecule has 7 nitrogen and oxygen atoms in total. The molecule has 2 rings (SSSR count). The summed E-state index contributed by atoms with van der Waals surface area (Å²) in [4.78, 5) is 18.2. The molecule has 19 heavy (non-hydrogen) atoms. The van der Waals surface area contributed by atoms with Gasteiger partial charge in [-0.05, 0) is 12.1 Å². The number of nitrogens with one attached hydrogen (secondary N) is 1. The maximum atomic E-state index is 11.8. The first-order chi connectivity index (χ1) is 9.04. The van der Waals surface area contributed by atoms with E-state index in [-0.39, 0.29) is 5.69 Å². The third-order valence-electron chi connectivity index (χ3n) is 2.81. The summed E-state index contributed by atoms with van der Waals surface area (Å²) in [5.41, 5.74) is -0.0171. The van der Waals surface area contributed by atoms with Gasteiger partial charge < -0.3 is 25.4 Å². The Balaban J connectivity index is 2.44. The van der Waals surface area contributed by atoms with Gasteiger partial charge in [0.2, 0.25) is 0 Å². The maximum absolute atomic E-state index is 11.8. The first-order valence-corrected chi connectivity index (χ1v) is 5.68. The van der Waals surface area contributed by atoms with Gasteiger partial charge in [-0.3, -0.25) is 4.79 Å². The topological polar surface area (TPSA) is 127 Å². The Labute approximate surface area is 107 Å². The van der Waals surface area contributed by atoms with E-state index >= 15 is 0 Å². The number of fused-ring (bicyclic) bond motifs is 1. The van der Waals surface area contributed by atoms with Crippen molar-refractivity contribution in [1.82, 2.24) is 9.97 Å². The van der Waals surface area contributed by atoms with Gasteiger partial charge in [-0.2, -0.15) is 0 Å². The molecule has 0 aliphatic heterocycles. The molecule has 0 bridgehead atoms. The van der Waals surface area contributed by atoms with Crippen LogP contribution in [-0.2, 0) is 0 Å². The zero-order valence-electron chi connectivity index (χ0n) is 9.89. The monoisotopic (exact) mass is 266 g/mol. The molecular weight excluding hydrogens is 252 g/mol. The maximum Gasteiger partial charge on any atom is 0.272 e. The Hall–Kier alpha value is -1.80.